The van der Waals surface area contributed by atoms with E-state index in [4.69, 9.17) is 0 Å². The highest BCUT2D eigenvalue weighted by Crippen LogP contribution is 2.25. The third-order valence-corrected chi connectivity index (χ3v) is 4.73. The predicted molar refractivity (Wildman–Crippen MR) is 99.0 cm³/mol. The van der Waals surface area contributed by atoms with E-state index in [9.17, 15) is 0 Å². The summed E-state index contributed by atoms with van der Waals surface area (Å²) in [6.45, 7) is 4.50. The molecule has 25 heavy (non-hydrogen) atoms. The van der Waals surface area contributed by atoms with Crippen LogP contribution in [0.4, 0.5) is 0 Å². The van der Waals surface area contributed by atoms with E-state index >= 15 is 0 Å². The minimum Gasteiger partial charge on any atom is -0.298 e. The first-order valence-electron chi connectivity index (χ1n) is 7.87. The Balaban J connectivity index is 1.62. The molecule has 2 aromatic heterocycles. The van der Waals surface area contributed by atoms with Crippen molar-refractivity contribution < 1.29 is 0 Å². The molecule has 124 valence electrons. The van der Waals surface area contributed by atoms with Gasteiger partial charge in [-0.3, -0.25) is 4.57 Å². The van der Waals surface area contributed by atoms with Crippen LogP contribution in [-0.4, -0.2) is 29.8 Å². The Morgan fingerprint density at radius 3 is 2.60 bits per heavy atom. The second-order valence-corrected chi connectivity index (χ2v) is 6.33. The second kappa shape index (κ2) is 6.90. The molecule has 0 unspecified atom stereocenters. The lowest BCUT2D eigenvalue weighted by atomic mass is 10.2. The molecule has 0 aliphatic rings. The molecule has 0 atom stereocenters. The van der Waals surface area contributed by atoms with Crippen molar-refractivity contribution in [1.82, 2.24) is 29.8 Å². The van der Waals surface area contributed by atoms with Crippen molar-refractivity contribution in [3.05, 3.63) is 67.3 Å². The monoisotopic (exact) mass is 348 g/mol. The van der Waals surface area contributed by atoms with Crippen LogP contribution in [0.25, 0.3) is 22.4 Å². The van der Waals surface area contributed by atoms with E-state index in [-0.39, 0.29) is 0 Å². The van der Waals surface area contributed by atoms with Gasteiger partial charge in [0.05, 0.1) is 11.4 Å². The summed E-state index contributed by atoms with van der Waals surface area (Å²) < 4.78 is 3.93. The number of nitrogens with zero attached hydrogens (tertiary/aromatic N) is 6. The van der Waals surface area contributed by atoms with Crippen LogP contribution in [0.5, 0.6) is 0 Å². The van der Waals surface area contributed by atoms with Gasteiger partial charge >= 0.3 is 0 Å². The molecule has 4 rings (SSSR count). The summed E-state index contributed by atoms with van der Waals surface area (Å²) in [7, 11) is 0. The fourth-order valence-corrected chi connectivity index (χ4v) is 3.47. The molecule has 0 spiro atoms. The van der Waals surface area contributed by atoms with Crippen LogP contribution in [-0.2, 0) is 12.4 Å². The maximum Gasteiger partial charge on any atom is 0.193 e. The number of rotatable bonds is 6. The molecule has 0 aliphatic carbocycles. The number of hydrogen-bond acceptors (Lipinski definition) is 5. The Morgan fingerprint density at radius 1 is 0.960 bits per heavy atom. The van der Waals surface area contributed by atoms with E-state index in [0.717, 1.165) is 27.6 Å². The lowest BCUT2D eigenvalue weighted by molar-refractivity contribution is 0.703. The number of hydrogen-bond donors (Lipinski definition) is 0. The number of fused-ring (bicyclic) bond motifs is 1. The first-order chi connectivity index (χ1) is 12.4. The fraction of sp³-hybridized carbons (Fsp3) is 0.111. The summed E-state index contributed by atoms with van der Waals surface area (Å²) >= 11 is 1.58. The molecule has 0 saturated carbocycles. The first kappa shape index (κ1) is 15.6. The van der Waals surface area contributed by atoms with Crippen molar-refractivity contribution in [2.75, 3.05) is 0 Å². The van der Waals surface area contributed by atoms with E-state index < -0.39 is 0 Å². The molecule has 0 aliphatic heterocycles. The van der Waals surface area contributed by atoms with Gasteiger partial charge in [0.2, 0.25) is 0 Å². The molecule has 7 heteroatoms. The van der Waals surface area contributed by atoms with Gasteiger partial charge in [-0.2, -0.15) is 0 Å². The third-order valence-electron chi connectivity index (χ3n) is 3.80. The highest BCUT2D eigenvalue weighted by Gasteiger charge is 2.14. The summed E-state index contributed by atoms with van der Waals surface area (Å²) in [6.07, 6.45) is 1.85. The molecule has 4 aromatic rings. The van der Waals surface area contributed by atoms with E-state index in [0.29, 0.717) is 12.4 Å². The number of thioether (sulfide) groups is 1. The van der Waals surface area contributed by atoms with Crippen LogP contribution in [0.2, 0.25) is 0 Å². The summed E-state index contributed by atoms with van der Waals surface area (Å²) in [5, 5.41) is 18.0. The van der Waals surface area contributed by atoms with Gasteiger partial charge in [0.1, 0.15) is 5.52 Å². The summed E-state index contributed by atoms with van der Waals surface area (Å²) in [5.41, 5.74) is 2.93. The summed E-state index contributed by atoms with van der Waals surface area (Å²) in [4.78, 5) is 0. The molecule has 2 aromatic carbocycles. The Hall–Kier alpha value is -2.93. The van der Waals surface area contributed by atoms with Gasteiger partial charge in [-0.05, 0) is 12.1 Å². The Bertz CT molecular complexity index is 1000. The fourth-order valence-electron chi connectivity index (χ4n) is 2.62. The number of allylic oxidation sites excluding steroid dienone is 1. The highest BCUT2D eigenvalue weighted by molar-refractivity contribution is 7.98. The van der Waals surface area contributed by atoms with Gasteiger partial charge in [-0.25, -0.2) is 4.68 Å². The van der Waals surface area contributed by atoms with Gasteiger partial charge < -0.3 is 0 Å². The zero-order valence-electron chi connectivity index (χ0n) is 13.5. The number of aromatic nitrogens is 6. The minimum absolute atomic E-state index is 0.616. The summed E-state index contributed by atoms with van der Waals surface area (Å²) in [6, 6.07) is 18.0. The molecule has 0 fully saturated rings. The topological polar surface area (TPSA) is 61.4 Å². The van der Waals surface area contributed by atoms with Crippen molar-refractivity contribution in [3.8, 4) is 11.4 Å². The second-order valence-electron chi connectivity index (χ2n) is 5.42. The zero-order valence-corrected chi connectivity index (χ0v) is 14.3. The van der Waals surface area contributed by atoms with Gasteiger partial charge in [-0.15, -0.1) is 21.9 Å². The van der Waals surface area contributed by atoms with Crippen molar-refractivity contribution in [1.29, 1.82) is 0 Å². The van der Waals surface area contributed by atoms with E-state index in [1.165, 1.54) is 0 Å². The van der Waals surface area contributed by atoms with Crippen molar-refractivity contribution in [3.63, 3.8) is 0 Å². The van der Waals surface area contributed by atoms with Crippen molar-refractivity contribution >= 4 is 22.8 Å². The quantitative estimate of drug-likeness (QED) is 0.393. The Kier molecular flexibility index (Phi) is 4.30. The molecule has 6 nitrogen and oxygen atoms in total. The lowest BCUT2D eigenvalue weighted by Gasteiger charge is -2.07. The zero-order chi connectivity index (χ0) is 17.1. The largest absolute Gasteiger partial charge is 0.298 e. The van der Waals surface area contributed by atoms with Gasteiger partial charge in [0.15, 0.2) is 11.0 Å². The van der Waals surface area contributed by atoms with Crippen LogP contribution in [0, 0.1) is 0 Å². The smallest absolute Gasteiger partial charge is 0.193 e. The van der Waals surface area contributed by atoms with E-state index in [1.807, 2.05) is 65.4 Å². The van der Waals surface area contributed by atoms with Crippen molar-refractivity contribution in [2.45, 2.75) is 17.6 Å². The molecule has 0 amide bonds. The molecule has 0 radical (unpaired) electrons. The molecular weight excluding hydrogens is 332 g/mol. The van der Waals surface area contributed by atoms with E-state index in [2.05, 4.69) is 31.7 Å². The van der Waals surface area contributed by atoms with Crippen LogP contribution < -0.4 is 0 Å². The average Bonchev–Trinajstić information content (AvgIpc) is 3.25. The van der Waals surface area contributed by atoms with Gasteiger partial charge in [0.25, 0.3) is 0 Å². The van der Waals surface area contributed by atoms with Crippen molar-refractivity contribution in [2.24, 2.45) is 0 Å². The Morgan fingerprint density at radius 2 is 1.76 bits per heavy atom. The van der Waals surface area contributed by atoms with Crippen LogP contribution in [0.1, 0.15) is 0 Å². The molecule has 0 N–H and O–H groups in total. The summed E-state index contributed by atoms with van der Waals surface area (Å²) in [5.74, 6) is 1.45. The number of para-hydroxylation sites is 1. The van der Waals surface area contributed by atoms with Crippen LogP contribution in [0.3, 0.4) is 0 Å². The SMILES string of the molecule is C=CCn1c(SCn2nnc3ccccc32)nnc1-c1ccccc1. The standard InChI is InChI=1S/C18H16N6S/c1-2-12-23-17(14-8-4-3-5-9-14)20-21-18(23)25-13-24-16-11-7-6-10-15(16)19-22-24/h2-11H,1,12-13H2. The maximum atomic E-state index is 4.37. The van der Waals surface area contributed by atoms with E-state index in [1.54, 1.807) is 11.8 Å². The average molecular weight is 348 g/mol. The first-order valence-corrected chi connectivity index (χ1v) is 8.86. The molecule has 0 bridgehead atoms. The molecule has 0 saturated heterocycles. The predicted octanol–water partition coefficient (Wildman–Crippen LogP) is 3.63. The normalized spacial score (nSPS) is 11.0. The number of benzene rings is 2. The molecular formula is C18H16N6S. The highest BCUT2D eigenvalue weighted by atomic mass is 32.2. The maximum absolute atomic E-state index is 4.37. The van der Waals surface area contributed by atoms with Crippen LogP contribution >= 0.6 is 11.8 Å². The lowest BCUT2D eigenvalue weighted by Crippen LogP contribution is -2.03. The Labute approximate surface area is 149 Å². The van der Waals surface area contributed by atoms with Crippen LogP contribution in [0.15, 0.2) is 72.4 Å². The molecule has 2 heterocycles. The minimum atomic E-state index is 0.616. The third kappa shape index (κ3) is 3.06. The van der Waals surface area contributed by atoms with Gasteiger partial charge in [0, 0.05) is 12.1 Å². The van der Waals surface area contributed by atoms with Gasteiger partial charge in [-0.1, -0.05) is 65.5 Å².